The van der Waals surface area contributed by atoms with Gasteiger partial charge in [-0.2, -0.15) is 0 Å². The molecular weight excluding hydrogens is 890 g/mol. The molecule has 1 spiro atoms. The second-order valence-electron chi connectivity index (χ2n) is 18.8. The number of hydrogen-bond acceptors (Lipinski definition) is 4. The first kappa shape index (κ1) is 39.5. The fourth-order valence-corrected chi connectivity index (χ4v) is 8.91. The van der Waals surface area contributed by atoms with Gasteiger partial charge in [0.25, 0.3) is 0 Å². The Bertz CT molecular complexity index is 2650. The summed E-state index contributed by atoms with van der Waals surface area (Å²) < 4.78 is 0. The van der Waals surface area contributed by atoms with Crippen molar-refractivity contribution in [1.82, 2.24) is 9.97 Å². The van der Waals surface area contributed by atoms with E-state index in [9.17, 15) is 5.11 Å². The van der Waals surface area contributed by atoms with Crippen molar-refractivity contribution >= 4 is 17.2 Å². The monoisotopic (exact) mass is 939 g/mol. The third kappa shape index (κ3) is 6.23. The molecule has 5 aromatic carbocycles. The summed E-state index contributed by atoms with van der Waals surface area (Å²) >= 11 is 0. The molecule has 0 amide bonds. The molecule has 294 valence electrons. The number of benzene rings is 5. The molecule has 2 aliphatic carbocycles. The number of nitrogens with zero attached hydrogens (tertiary/aromatic N) is 3. The molecule has 7 aromatic rings. The number of aromatic hydroxyl groups is 1. The van der Waals surface area contributed by atoms with Crippen molar-refractivity contribution in [2.45, 2.75) is 84.0 Å². The predicted molar refractivity (Wildman–Crippen MR) is 235 cm³/mol. The minimum atomic E-state index is -0.617. The summed E-state index contributed by atoms with van der Waals surface area (Å²) in [7, 11) is 0. The van der Waals surface area contributed by atoms with Crippen LogP contribution in [-0.4, -0.2) is 15.1 Å². The Hall–Kier alpha value is -5.31. The van der Waals surface area contributed by atoms with Crippen LogP contribution in [0.1, 0.15) is 101 Å². The third-order valence-electron chi connectivity index (χ3n) is 12.0. The van der Waals surface area contributed by atoms with Crippen molar-refractivity contribution in [3.63, 3.8) is 0 Å². The molecule has 2 aromatic heterocycles. The van der Waals surface area contributed by atoms with Crippen LogP contribution in [-0.2, 0) is 42.7 Å². The van der Waals surface area contributed by atoms with Crippen molar-refractivity contribution in [3.8, 4) is 39.4 Å². The maximum atomic E-state index is 11.8. The molecule has 0 saturated heterocycles. The summed E-state index contributed by atoms with van der Waals surface area (Å²) in [6, 6.07) is 49.1. The fraction of sp³-hybridized carbons (Fsp3) is 0.245. The standard InChI is InChI=1S/C53H50N3O.Pt/c1-50(2,3)34-26-27-54-45(32-34)33-16-14-17-37(28-33)56(38-30-35(51(4,5)6)29-36(31-38)52(7,8)9)47-25-24-44-49(55-47)48-43(22-15-23-46(48)57)53(44)41-20-12-10-18-39(41)40-19-11-13-21-42(40)53;/h10-27,29-32,57H,1-9H3;/q-1;. The topological polar surface area (TPSA) is 49.2 Å². The van der Waals surface area contributed by atoms with Gasteiger partial charge in [0.2, 0.25) is 0 Å². The van der Waals surface area contributed by atoms with Crippen LogP contribution < -0.4 is 4.90 Å². The second-order valence-corrected chi connectivity index (χ2v) is 18.8. The van der Waals surface area contributed by atoms with Gasteiger partial charge in [0.1, 0.15) is 11.6 Å². The molecule has 0 bridgehead atoms. The number of phenols is 1. The molecule has 2 aliphatic rings. The number of hydrogen-bond donors (Lipinski definition) is 1. The molecule has 4 nitrogen and oxygen atoms in total. The minimum absolute atomic E-state index is 0. The van der Waals surface area contributed by atoms with Crippen molar-refractivity contribution in [3.05, 3.63) is 179 Å². The number of aromatic nitrogens is 2. The summed E-state index contributed by atoms with van der Waals surface area (Å²) in [5.41, 5.74) is 15.1. The Morgan fingerprint density at radius 1 is 0.569 bits per heavy atom. The van der Waals surface area contributed by atoms with E-state index in [1.54, 1.807) is 6.07 Å². The van der Waals surface area contributed by atoms with Crippen molar-refractivity contribution in [2.75, 3.05) is 4.90 Å². The average Bonchev–Trinajstić information content (AvgIpc) is 3.65. The summed E-state index contributed by atoms with van der Waals surface area (Å²) in [4.78, 5) is 12.7. The second kappa shape index (κ2) is 13.9. The normalized spacial score (nSPS) is 13.7. The van der Waals surface area contributed by atoms with Gasteiger partial charge >= 0.3 is 0 Å². The molecule has 0 aliphatic heterocycles. The van der Waals surface area contributed by atoms with Crippen molar-refractivity contribution < 1.29 is 26.2 Å². The largest absolute Gasteiger partial charge is 0.507 e. The number of pyridine rings is 2. The molecule has 0 unspecified atom stereocenters. The molecule has 5 heteroatoms. The quantitative estimate of drug-likeness (QED) is 0.179. The summed E-state index contributed by atoms with van der Waals surface area (Å²) in [6.07, 6.45) is 1.90. The van der Waals surface area contributed by atoms with Crippen molar-refractivity contribution in [2.24, 2.45) is 0 Å². The van der Waals surface area contributed by atoms with Crippen LogP contribution in [0, 0.1) is 6.07 Å². The summed E-state index contributed by atoms with van der Waals surface area (Å²) in [5.74, 6) is 0.974. The number of phenolic OH excluding ortho intramolecular Hbond substituents is 1. The fourth-order valence-electron chi connectivity index (χ4n) is 8.91. The number of anilines is 3. The zero-order valence-electron chi connectivity index (χ0n) is 34.8. The molecule has 0 radical (unpaired) electrons. The maximum Gasteiger partial charge on any atom is 0.136 e. The molecule has 0 atom stereocenters. The Balaban J connectivity index is 0.00000469. The van der Waals surface area contributed by atoms with E-state index in [0.29, 0.717) is 0 Å². The van der Waals surface area contributed by atoms with Crippen molar-refractivity contribution in [1.29, 1.82) is 0 Å². The van der Waals surface area contributed by atoms with Crippen LogP contribution >= 0.6 is 0 Å². The zero-order valence-corrected chi connectivity index (χ0v) is 37.1. The molecular formula is C53H50N3OPt-. The first-order valence-electron chi connectivity index (χ1n) is 20.1. The van der Waals surface area contributed by atoms with Gasteiger partial charge in [0.05, 0.1) is 11.1 Å². The van der Waals surface area contributed by atoms with Crippen LogP contribution in [0.5, 0.6) is 5.75 Å². The summed E-state index contributed by atoms with van der Waals surface area (Å²) in [6.45, 7) is 20.3. The van der Waals surface area contributed by atoms with Gasteiger partial charge in [0.15, 0.2) is 0 Å². The Morgan fingerprint density at radius 3 is 1.78 bits per heavy atom. The molecule has 2 heterocycles. The van der Waals surface area contributed by atoms with Gasteiger partial charge in [-0.3, -0.25) is 0 Å². The molecule has 9 rings (SSSR count). The van der Waals surface area contributed by atoms with Gasteiger partial charge in [-0.05, 0) is 108 Å². The average molecular weight is 940 g/mol. The van der Waals surface area contributed by atoms with Gasteiger partial charge in [-0.1, -0.05) is 141 Å². The van der Waals surface area contributed by atoms with Gasteiger partial charge in [-0.15, -0.1) is 29.8 Å². The van der Waals surface area contributed by atoms with Gasteiger partial charge in [0, 0.05) is 38.5 Å². The molecule has 1 N–H and O–H groups in total. The Labute approximate surface area is 358 Å². The van der Waals surface area contributed by atoms with E-state index >= 15 is 0 Å². The Morgan fingerprint density at radius 2 is 1.16 bits per heavy atom. The van der Waals surface area contributed by atoms with E-state index in [0.717, 1.165) is 50.8 Å². The van der Waals surface area contributed by atoms with Crippen LogP contribution in [0.4, 0.5) is 17.2 Å². The van der Waals surface area contributed by atoms with Crippen LogP contribution in [0.15, 0.2) is 134 Å². The third-order valence-corrected chi connectivity index (χ3v) is 12.0. The minimum Gasteiger partial charge on any atom is -0.507 e. The SMILES string of the molecule is CC(C)(C)c1cc(N(c2[c-]c(-c3cc(C(C)(C)C)ccn3)ccc2)c2ccc3c(n2)-c2c(O)cccc2C32c3ccccc3-c3ccccc32)cc(C(C)(C)C)c1.[Pt]. The Kier molecular flexibility index (Phi) is 9.48. The van der Waals surface area contributed by atoms with Crippen LogP contribution in [0.2, 0.25) is 0 Å². The first-order valence-corrected chi connectivity index (χ1v) is 20.1. The first-order chi connectivity index (χ1) is 27.1. The van der Waals surface area contributed by atoms with E-state index in [4.69, 9.17) is 9.97 Å². The van der Waals surface area contributed by atoms with E-state index in [2.05, 4.69) is 189 Å². The predicted octanol–water partition coefficient (Wildman–Crippen LogP) is 13.4. The zero-order chi connectivity index (χ0) is 40.1. The van der Waals surface area contributed by atoms with E-state index in [1.165, 1.54) is 38.9 Å². The number of fused-ring (bicyclic) bond motifs is 10. The van der Waals surface area contributed by atoms with Crippen LogP contribution in [0.3, 0.4) is 0 Å². The maximum absolute atomic E-state index is 11.8. The number of rotatable bonds is 4. The van der Waals surface area contributed by atoms with E-state index in [1.807, 2.05) is 12.3 Å². The smallest absolute Gasteiger partial charge is 0.136 e. The van der Waals surface area contributed by atoms with E-state index in [-0.39, 0.29) is 43.1 Å². The van der Waals surface area contributed by atoms with E-state index < -0.39 is 5.41 Å². The molecule has 0 fully saturated rings. The summed E-state index contributed by atoms with van der Waals surface area (Å²) in [5, 5.41) is 11.8. The molecule has 0 saturated carbocycles. The van der Waals surface area contributed by atoms with Gasteiger partial charge in [-0.25, -0.2) is 4.98 Å². The van der Waals surface area contributed by atoms with Gasteiger partial charge < -0.3 is 15.0 Å². The van der Waals surface area contributed by atoms with Crippen LogP contribution in [0.25, 0.3) is 33.6 Å². The molecule has 58 heavy (non-hydrogen) atoms.